The number of carbonyl (C=O) groups excluding carboxylic acids is 1. The molecule has 7 nitrogen and oxygen atoms in total. The van der Waals surface area contributed by atoms with Crippen LogP contribution in [0.15, 0.2) is 59.1 Å². The molecule has 4 fully saturated rings. The van der Waals surface area contributed by atoms with Gasteiger partial charge in [-0.1, -0.05) is 48.7 Å². The number of quaternary nitrogens is 1. The molecule has 4 heterocycles. The fraction of sp³-hybridized carbons (Fsp3) is 0.500. The van der Waals surface area contributed by atoms with Gasteiger partial charge < -0.3 is 31.5 Å². The van der Waals surface area contributed by atoms with Gasteiger partial charge in [0.05, 0.1) is 13.1 Å². The van der Waals surface area contributed by atoms with Crippen LogP contribution in [-0.2, 0) is 16.1 Å². The molecule has 0 radical (unpaired) electrons. The summed E-state index contributed by atoms with van der Waals surface area (Å²) >= 11 is 0. The van der Waals surface area contributed by atoms with Gasteiger partial charge in [-0.05, 0) is 43.2 Å². The first-order chi connectivity index (χ1) is 18.5. The number of benzene rings is 2. The molecule has 1 aromatic heterocycles. The van der Waals surface area contributed by atoms with E-state index in [0.717, 1.165) is 66.6 Å². The summed E-state index contributed by atoms with van der Waals surface area (Å²) in [6.45, 7) is 5.49. The molecule has 1 unspecified atom stereocenters. The monoisotopic (exact) mass is 556 g/mol. The molecule has 1 aliphatic carbocycles. The van der Waals surface area contributed by atoms with Crippen LogP contribution in [0, 0.1) is 11.7 Å². The summed E-state index contributed by atoms with van der Waals surface area (Å²) < 4.78 is 24.9. The topological polar surface area (TPSA) is 77.2 Å². The summed E-state index contributed by atoms with van der Waals surface area (Å²) in [5.41, 5.74) is 1.72. The lowest BCUT2D eigenvalue weighted by atomic mass is 9.83. The Labute approximate surface area is 236 Å². The van der Waals surface area contributed by atoms with Crippen LogP contribution in [-0.4, -0.2) is 46.3 Å². The van der Waals surface area contributed by atoms with E-state index in [1.807, 2.05) is 36.4 Å². The molecule has 0 amide bonds. The summed E-state index contributed by atoms with van der Waals surface area (Å²) in [4.78, 5) is 16.1. The van der Waals surface area contributed by atoms with Crippen molar-refractivity contribution in [3.63, 3.8) is 0 Å². The van der Waals surface area contributed by atoms with Crippen molar-refractivity contribution in [2.24, 2.45) is 5.92 Å². The lowest BCUT2D eigenvalue weighted by Crippen LogP contribution is -3.00. The largest absolute Gasteiger partial charge is 1.00 e. The van der Waals surface area contributed by atoms with Gasteiger partial charge in [-0.25, -0.2) is 4.39 Å². The molecule has 3 aliphatic heterocycles. The van der Waals surface area contributed by atoms with Crippen LogP contribution in [0.25, 0.3) is 0 Å². The van der Waals surface area contributed by atoms with Gasteiger partial charge in [0.15, 0.2) is 6.10 Å². The first kappa shape index (κ1) is 29.0. The molecule has 4 aliphatic rings. The molecule has 7 rings (SSSR count). The van der Waals surface area contributed by atoms with Crippen LogP contribution in [0.5, 0.6) is 0 Å². The third-order valence-corrected chi connectivity index (χ3v) is 8.16. The van der Waals surface area contributed by atoms with E-state index >= 15 is 0 Å². The zero-order valence-electron chi connectivity index (χ0n) is 22.5. The second-order valence-electron chi connectivity index (χ2n) is 11.0. The Morgan fingerprint density at radius 2 is 1.74 bits per heavy atom. The Bertz CT molecular complexity index is 1190. The smallest absolute Gasteiger partial charge is 0.303 e. The third-order valence-electron chi connectivity index (χ3n) is 8.16. The van der Waals surface area contributed by atoms with Gasteiger partial charge in [-0.2, -0.15) is 4.98 Å². The van der Waals surface area contributed by atoms with Crippen molar-refractivity contribution in [3.05, 3.63) is 72.1 Å². The van der Waals surface area contributed by atoms with Crippen LogP contribution < -0.4 is 17.7 Å². The van der Waals surface area contributed by atoms with Crippen LogP contribution in [0.4, 0.5) is 15.8 Å². The van der Waals surface area contributed by atoms with E-state index in [1.54, 1.807) is 6.07 Å². The number of nitrogens with one attached hydrogen (secondary N) is 1. The van der Waals surface area contributed by atoms with Gasteiger partial charge in [0.2, 0.25) is 11.7 Å². The van der Waals surface area contributed by atoms with Crippen molar-refractivity contribution >= 4 is 17.3 Å². The molecule has 9 heteroatoms. The molecule has 39 heavy (non-hydrogen) atoms. The standard InChI is InChI=1S/C18H28N3O3.C12H10FN.ClH/c1-13(22)23-16-11-21(9-7-14(16)8-10-21)12-17-19-18(24-20-17)15-5-3-2-4-6-15;13-10-5-4-8-12(9-10)14-11-6-2-1-3-7-11;/h14-16H,2-12H2,1H3;1-9,14H;1H/q+1;;/p-1. The minimum atomic E-state index is -0.231. The van der Waals surface area contributed by atoms with Gasteiger partial charge in [-0.3, -0.25) is 4.79 Å². The molecule has 210 valence electrons. The van der Waals surface area contributed by atoms with Crippen LogP contribution in [0.1, 0.15) is 69.5 Å². The summed E-state index contributed by atoms with van der Waals surface area (Å²) in [7, 11) is 0. The van der Waals surface area contributed by atoms with Crippen molar-refractivity contribution in [1.29, 1.82) is 0 Å². The van der Waals surface area contributed by atoms with E-state index in [2.05, 4.69) is 10.5 Å². The van der Waals surface area contributed by atoms with E-state index in [9.17, 15) is 9.18 Å². The summed E-state index contributed by atoms with van der Waals surface area (Å²) in [6, 6.07) is 16.1. The number of aromatic nitrogens is 2. The third kappa shape index (κ3) is 7.79. The zero-order chi connectivity index (χ0) is 26.4. The fourth-order valence-electron chi connectivity index (χ4n) is 6.19. The molecule has 3 aromatic rings. The molecule has 2 bridgehead atoms. The lowest BCUT2D eigenvalue weighted by Gasteiger charge is -2.51. The zero-order valence-corrected chi connectivity index (χ0v) is 23.3. The van der Waals surface area contributed by atoms with Crippen LogP contribution in [0.2, 0.25) is 0 Å². The number of para-hydroxylation sites is 1. The number of fused-ring (bicyclic) bond motifs is 3. The van der Waals surface area contributed by atoms with E-state index in [4.69, 9.17) is 14.2 Å². The average Bonchev–Trinajstić information content (AvgIpc) is 3.38. The normalized spacial score (nSPS) is 24.2. The molecule has 1 N–H and O–H groups in total. The first-order valence-corrected chi connectivity index (χ1v) is 13.9. The minimum Gasteiger partial charge on any atom is -1.00 e. The van der Waals surface area contributed by atoms with Gasteiger partial charge in [0.1, 0.15) is 18.9 Å². The van der Waals surface area contributed by atoms with Crippen LogP contribution in [0.3, 0.4) is 0 Å². The number of esters is 1. The number of carbonyl (C=O) groups is 1. The summed E-state index contributed by atoms with van der Waals surface area (Å²) in [6.07, 6.45) is 8.55. The van der Waals surface area contributed by atoms with Crippen molar-refractivity contribution < 1.29 is 35.3 Å². The van der Waals surface area contributed by atoms with Crippen molar-refractivity contribution in [2.75, 3.05) is 25.0 Å². The quantitative estimate of drug-likeness (QED) is 0.371. The number of anilines is 2. The van der Waals surface area contributed by atoms with Crippen molar-refractivity contribution in [1.82, 2.24) is 10.1 Å². The fourth-order valence-corrected chi connectivity index (χ4v) is 6.19. The second kappa shape index (κ2) is 13.4. The molecular formula is C30H38ClFN4O3. The van der Waals surface area contributed by atoms with E-state index < -0.39 is 0 Å². The maximum atomic E-state index is 12.8. The predicted molar refractivity (Wildman–Crippen MR) is 143 cm³/mol. The highest BCUT2D eigenvalue weighted by atomic mass is 35.5. The molecule has 2 aromatic carbocycles. The molecule has 3 saturated heterocycles. The number of nitrogens with zero attached hydrogens (tertiary/aromatic N) is 3. The second-order valence-corrected chi connectivity index (χ2v) is 11.0. The number of rotatable bonds is 6. The minimum absolute atomic E-state index is 0. The predicted octanol–water partition coefficient (Wildman–Crippen LogP) is 3.36. The van der Waals surface area contributed by atoms with E-state index in [-0.39, 0.29) is 30.3 Å². The summed E-state index contributed by atoms with van der Waals surface area (Å²) in [5.74, 6) is 2.28. The van der Waals surface area contributed by atoms with Crippen molar-refractivity contribution in [3.8, 4) is 0 Å². The number of hydrogen-bond donors (Lipinski definition) is 1. The summed E-state index contributed by atoms with van der Waals surface area (Å²) in [5, 5.41) is 7.38. The molecular weight excluding hydrogens is 519 g/mol. The SMILES string of the molecule is CC(=O)OC1C[N+]2(Cc3noc(C4CCCCC4)n3)CCC1CC2.Fc1cccc(Nc2ccccc2)c1.[Cl-]. The molecule has 1 saturated carbocycles. The van der Waals surface area contributed by atoms with Gasteiger partial charge in [0, 0.05) is 43.0 Å². The lowest BCUT2D eigenvalue weighted by molar-refractivity contribution is -0.958. The Morgan fingerprint density at radius 3 is 2.44 bits per heavy atom. The Balaban J connectivity index is 0.000000202. The first-order valence-electron chi connectivity index (χ1n) is 13.9. The highest BCUT2D eigenvalue weighted by Crippen LogP contribution is 2.37. The van der Waals surface area contributed by atoms with Crippen molar-refractivity contribution in [2.45, 2.75) is 70.4 Å². The molecule has 1 atom stereocenters. The maximum Gasteiger partial charge on any atom is 0.303 e. The number of ether oxygens (including phenoxy) is 1. The van der Waals surface area contributed by atoms with Gasteiger partial charge in [-0.15, -0.1) is 0 Å². The number of piperidine rings is 3. The molecule has 0 spiro atoms. The Morgan fingerprint density at radius 1 is 1.03 bits per heavy atom. The van der Waals surface area contributed by atoms with Gasteiger partial charge in [0.25, 0.3) is 0 Å². The van der Waals surface area contributed by atoms with E-state index in [1.165, 1.54) is 51.2 Å². The van der Waals surface area contributed by atoms with Crippen LogP contribution >= 0.6 is 0 Å². The highest BCUT2D eigenvalue weighted by Gasteiger charge is 2.48. The highest BCUT2D eigenvalue weighted by molar-refractivity contribution is 5.66. The average molecular weight is 557 g/mol. The van der Waals surface area contributed by atoms with E-state index in [0.29, 0.717) is 11.8 Å². The number of hydrogen-bond acceptors (Lipinski definition) is 6. The Hall–Kier alpha value is -2.97. The Kier molecular flexibility index (Phi) is 9.97. The van der Waals surface area contributed by atoms with Gasteiger partial charge >= 0.3 is 5.97 Å². The number of halogens is 2. The maximum absolute atomic E-state index is 12.8.